The van der Waals surface area contributed by atoms with Crippen molar-refractivity contribution in [1.82, 2.24) is 0 Å². The third-order valence-electron chi connectivity index (χ3n) is 1.92. The van der Waals surface area contributed by atoms with Gasteiger partial charge in [-0.2, -0.15) is 0 Å². The molecule has 0 fully saturated rings. The van der Waals surface area contributed by atoms with Crippen LogP contribution in [0.4, 0.5) is 0 Å². The monoisotopic (exact) mass is 258 g/mol. The van der Waals surface area contributed by atoms with Crippen LogP contribution >= 0.6 is 0 Å². The predicted octanol–water partition coefficient (Wildman–Crippen LogP) is 2.78. The smallest absolute Gasteiger partial charge is 0.366 e. The summed E-state index contributed by atoms with van der Waals surface area (Å²) in [6.45, 7) is 0. The van der Waals surface area contributed by atoms with Crippen LogP contribution in [0.1, 0.15) is 5.56 Å². The van der Waals surface area contributed by atoms with E-state index in [0.29, 0.717) is 0 Å². The van der Waals surface area contributed by atoms with Crippen molar-refractivity contribution in [3.8, 4) is 5.92 Å². The van der Waals surface area contributed by atoms with Crippen LogP contribution in [0.3, 0.4) is 0 Å². The van der Waals surface area contributed by atoms with E-state index in [2.05, 4.69) is 5.92 Å². The Hall–Kier alpha value is -1.000. The summed E-state index contributed by atoms with van der Waals surface area (Å²) in [5.41, 5.74) is 0.855. The fourth-order valence-corrected chi connectivity index (χ4v) is 1.33. The molecule has 0 aromatic heterocycles. The molecule has 0 radical (unpaired) electrons. The molecule has 0 nitrogen and oxygen atoms in total. The average Bonchev–Trinajstić information content (AvgIpc) is 2.17. The number of hydrogen-bond acceptors (Lipinski definition) is 0. The molecule has 1 heteroatoms. The molecule has 0 aliphatic heterocycles. The molecular formula is C12H7Ag. The Morgan fingerprint density at radius 2 is 1.62 bits per heavy atom. The molecule has 0 saturated heterocycles. The number of benzene rings is 2. The minimum atomic E-state index is 0. The maximum Gasteiger partial charge on any atom is 1.00 e. The largest absolute Gasteiger partial charge is 1.00 e. The third-order valence-corrected chi connectivity index (χ3v) is 1.92. The van der Waals surface area contributed by atoms with Gasteiger partial charge in [0.05, 0.1) is 0 Å². The van der Waals surface area contributed by atoms with E-state index < -0.39 is 0 Å². The summed E-state index contributed by atoms with van der Waals surface area (Å²) in [4.78, 5) is 0. The molecular weight excluding hydrogens is 252 g/mol. The van der Waals surface area contributed by atoms with Crippen molar-refractivity contribution in [1.29, 1.82) is 0 Å². The molecule has 0 atom stereocenters. The van der Waals surface area contributed by atoms with Gasteiger partial charge in [0.1, 0.15) is 0 Å². The normalized spacial score (nSPS) is 8.85. The number of fused-ring (bicyclic) bond motifs is 1. The fourth-order valence-electron chi connectivity index (χ4n) is 1.33. The van der Waals surface area contributed by atoms with E-state index in [1.165, 1.54) is 0 Å². The van der Waals surface area contributed by atoms with Crippen molar-refractivity contribution >= 4 is 10.8 Å². The standard InChI is InChI=1S/C12H7.Ag/c1-2-10-7-5-8-11-6-3-4-9-12(10)11;/h3-9H;/q-1;+1. The van der Waals surface area contributed by atoms with Gasteiger partial charge in [-0.05, 0) is 5.39 Å². The molecule has 0 amide bonds. The molecule has 2 aromatic rings. The van der Waals surface area contributed by atoms with E-state index in [1.54, 1.807) is 0 Å². The number of rotatable bonds is 0. The van der Waals surface area contributed by atoms with E-state index in [1.807, 2.05) is 42.5 Å². The summed E-state index contributed by atoms with van der Waals surface area (Å²) in [6, 6.07) is 13.9. The van der Waals surface area contributed by atoms with Gasteiger partial charge in [0.15, 0.2) is 0 Å². The molecule has 0 N–H and O–H groups in total. The first-order valence-corrected chi connectivity index (χ1v) is 3.82. The van der Waals surface area contributed by atoms with Crippen LogP contribution in [0.15, 0.2) is 42.5 Å². The van der Waals surface area contributed by atoms with Gasteiger partial charge in [-0.25, -0.2) is 0 Å². The molecule has 2 rings (SSSR count). The average molecular weight is 259 g/mol. The van der Waals surface area contributed by atoms with Gasteiger partial charge in [0.2, 0.25) is 0 Å². The van der Waals surface area contributed by atoms with Crippen LogP contribution in [-0.2, 0) is 22.4 Å². The molecule has 0 saturated carbocycles. The minimum Gasteiger partial charge on any atom is -0.366 e. The molecule has 0 aliphatic carbocycles. The second-order valence-electron chi connectivity index (χ2n) is 2.65. The third kappa shape index (κ3) is 1.84. The fraction of sp³-hybridized carbons (Fsp3) is 0. The van der Waals surface area contributed by atoms with Gasteiger partial charge in [-0.1, -0.05) is 41.8 Å². The molecule has 0 aliphatic rings. The van der Waals surface area contributed by atoms with E-state index in [0.717, 1.165) is 16.3 Å². The van der Waals surface area contributed by atoms with Crippen molar-refractivity contribution in [3.63, 3.8) is 0 Å². The Labute approximate surface area is 93.5 Å². The minimum absolute atomic E-state index is 0. The van der Waals surface area contributed by atoms with Crippen molar-refractivity contribution in [3.05, 3.63) is 54.5 Å². The van der Waals surface area contributed by atoms with Crippen molar-refractivity contribution in [2.24, 2.45) is 0 Å². The first-order valence-electron chi connectivity index (χ1n) is 3.82. The van der Waals surface area contributed by atoms with Crippen LogP contribution in [0.2, 0.25) is 0 Å². The molecule has 13 heavy (non-hydrogen) atoms. The Bertz CT molecular complexity index is 447. The molecule has 0 heterocycles. The Morgan fingerprint density at radius 3 is 2.38 bits per heavy atom. The molecule has 0 spiro atoms. The van der Waals surface area contributed by atoms with Crippen LogP contribution in [0.25, 0.3) is 10.8 Å². The Morgan fingerprint density at radius 1 is 0.923 bits per heavy atom. The second-order valence-corrected chi connectivity index (χ2v) is 2.65. The Balaban J connectivity index is 0.000000845. The second kappa shape index (κ2) is 4.30. The van der Waals surface area contributed by atoms with Gasteiger partial charge in [-0.3, -0.25) is 5.92 Å². The topological polar surface area (TPSA) is 0 Å². The van der Waals surface area contributed by atoms with Crippen molar-refractivity contribution in [2.45, 2.75) is 0 Å². The zero-order valence-electron chi connectivity index (χ0n) is 6.84. The van der Waals surface area contributed by atoms with Crippen molar-refractivity contribution in [2.75, 3.05) is 0 Å². The summed E-state index contributed by atoms with van der Waals surface area (Å²) in [5.74, 6) is 2.42. The van der Waals surface area contributed by atoms with Crippen LogP contribution < -0.4 is 0 Å². The van der Waals surface area contributed by atoms with Gasteiger partial charge in [0.25, 0.3) is 0 Å². The summed E-state index contributed by atoms with van der Waals surface area (Å²) in [7, 11) is 0. The van der Waals surface area contributed by atoms with Crippen LogP contribution in [0, 0.1) is 12.3 Å². The van der Waals surface area contributed by atoms with E-state index in [-0.39, 0.29) is 22.4 Å². The van der Waals surface area contributed by atoms with Gasteiger partial charge in [-0.15, -0.1) is 11.6 Å². The summed E-state index contributed by atoms with van der Waals surface area (Å²) in [5, 5.41) is 2.25. The molecule has 66 valence electrons. The summed E-state index contributed by atoms with van der Waals surface area (Å²) < 4.78 is 0. The van der Waals surface area contributed by atoms with Gasteiger partial charge < -0.3 is 6.42 Å². The number of hydrogen-bond donors (Lipinski definition) is 0. The van der Waals surface area contributed by atoms with Gasteiger partial charge in [0, 0.05) is 0 Å². The molecule has 0 unspecified atom stereocenters. The summed E-state index contributed by atoms with van der Waals surface area (Å²) >= 11 is 0. The first kappa shape index (κ1) is 10.1. The summed E-state index contributed by atoms with van der Waals surface area (Å²) in [6.07, 6.45) is 7.08. The van der Waals surface area contributed by atoms with E-state index in [4.69, 9.17) is 6.42 Å². The van der Waals surface area contributed by atoms with E-state index >= 15 is 0 Å². The zero-order chi connectivity index (χ0) is 8.39. The quantitative estimate of drug-likeness (QED) is 0.387. The SMILES string of the molecule is [Ag+].[C-]#Cc1cccc2ccccc12. The molecule has 0 bridgehead atoms. The first-order chi connectivity index (χ1) is 5.92. The van der Waals surface area contributed by atoms with Crippen LogP contribution in [-0.4, -0.2) is 0 Å². The van der Waals surface area contributed by atoms with Gasteiger partial charge >= 0.3 is 22.4 Å². The zero-order valence-corrected chi connectivity index (χ0v) is 8.33. The Kier molecular flexibility index (Phi) is 3.33. The van der Waals surface area contributed by atoms with Crippen molar-refractivity contribution < 1.29 is 22.4 Å². The van der Waals surface area contributed by atoms with Crippen LogP contribution in [0.5, 0.6) is 0 Å². The maximum absolute atomic E-state index is 7.08. The van der Waals surface area contributed by atoms with E-state index in [9.17, 15) is 0 Å². The molecule has 2 aromatic carbocycles. The maximum atomic E-state index is 7.08. The predicted molar refractivity (Wildman–Crippen MR) is 50.2 cm³/mol.